The fourth-order valence-corrected chi connectivity index (χ4v) is 1.21. The third-order valence-electron chi connectivity index (χ3n) is 1.94. The molecule has 1 amide bonds. The molecule has 1 unspecified atom stereocenters. The van der Waals surface area contributed by atoms with E-state index in [-0.39, 0.29) is 0 Å². The molecule has 76 valence electrons. The predicted molar refractivity (Wildman–Crippen MR) is 51.3 cm³/mol. The van der Waals surface area contributed by atoms with E-state index >= 15 is 0 Å². The lowest BCUT2D eigenvalue weighted by Crippen LogP contribution is -2.31. The molecule has 6 heteroatoms. The molecule has 0 saturated heterocycles. The Labute approximate surface area is 84.8 Å². The number of hydrogen-bond donors (Lipinski definition) is 1. The van der Waals surface area contributed by atoms with Gasteiger partial charge in [-0.3, -0.25) is 9.59 Å². The van der Waals surface area contributed by atoms with Gasteiger partial charge < -0.3 is 5.11 Å². The van der Waals surface area contributed by atoms with Gasteiger partial charge in [0, 0.05) is 12.4 Å². The van der Waals surface area contributed by atoms with E-state index in [9.17, 15) is 9.59 Å². The number of anilines is 1. The zero-order chi connectivity index (χ0) is 10.8. The zero-order valence-electron chi connectivity index (χ0n) is 7.57. The number of carbonyl (C=O) groups excluding carboxylic acids is 1. The summed E-state index contributed by atoms with van der Waals surface area (Å²) in [6.45, 7) is 0. The summed E-state index contributed by atoms with van der Waals surface area (Å²) in [4.78, 5) is 26.1. The van der Waals surface area contributed by atoms with E-state index in [0.717, 1.165) is 11.2 Å². The molecule has 0 aliphatic carbocycles. The molecule has 6 nitrogen and oxygen atoms in total. The summed E-state index contributed by atoms with van der Waals surface area (Å²) >= 11 is 0. The minimum Gasteiger partial charge on any atom is -0.480 e. The number of aromatic nitrogens is 1. The molecule has 1 atom stereocenters. The summed E-state index contributed by atoms with van der Waals surface area (Å²) in [5.41, 5.74) is 0. The highest BCUT2D eigenvalue weighted by Crippen LogP contribution is 2.17. The van der Waals surface area contributed by atoms with Crippen LogP contribution in [0.5, 0.6) is 0 Å². The van der Waals surface area contributed by atoms with Gasteiger partial charge in [0.15, 0.2) is 11.7 Å². The van der Waals surface area contributed by atoms with Crippen LogP contribution in [0.4, 0.5) is 5.82 Å². The van der Waals surface area contributed by atoms with Crippen molar-refractivity contribution in [2.45, 2.75) is 0 Å². The number of nitrogens with zero attached hydrogens (tertiary/aromatic N) is 3. The summed E-state index contributed by atoms with van der Waals surface area (Å²) in [6.07, 6.45) is 2.60. The van der Waals surface area contributed by atoms with Crippen molar-refractivity contribution >= 4 is 23.9 Å². The fraction of sp³-hybridized carbons (Fsp3) is 0.111. The summed E-state index contributed by atoms with van der Waals surface area (Å²) < 4.78 is 0. The average molecular weight is 205 g/mol. The van der Waals surface area contributed by atoms with Crippen molar-refractivity contribution in [3.05, 3.63) is 24.4 Å². The molecule has 0 aromatic carbocycles. The van der Waals surface area contributed by atoms with Gasteiger partial charge in [-0.1, -0.05) is 6.07 Å². The van der Waals surface area contributed by atoms with Crippen LogP contribution in [0, 0.1) is 5.92 Å². The third-order valence-corrected chi connectivity index (χ3v) is 1.94. The Hall–Kier alpha value is -2.24. The van der Waals surface area contributed by atoms with Crippen molar-refractivity contribution in [2.24, 2.45) is 11.0 Å². The normalized spacial score (nSPS) is 19.6. The van der Waals surface area contributed by atoms with Crippen molar-refractivity contribution in [3.8, 4) is 0 Å². The lowest BCUT2D eigenvalue weighted by Gasteiger charge is -2.10. The monoisotopic (exact) mass is 205 g/mol. The second kappa shape index (κ2) is 3.49. The van der Waals surface area contributed by atoms with Crippen LogP contribution in [-0.2, 0) is 9.59 Å². The number of carbonyl (C=O) groups is 2. The zero-order valence-corrected chi connectivity index (χ0v) is 7.57. The first kappa shape index (κ1) is 9.32. The van der Waals surface area contributed by atoms with E-state index in [4.69, 9.17) is 5.11 Å². The molecule has 1 aromatic rings. The second-order valence-electron chi connectivity index (χ2n) is 2.92. The van der Waals surface area contributed by atoms with Crippen LogP contribution in [0.2, 0.25) is 0 Å². The van der Waals surface area contributed by atoms with Crippen LogP contribution < -0.4 is 5.01 Å². The summed E-state index contributed by atoms with van der Waals surface area (Å²) in [7, 11) is 0. The van der Waals surface area contributed by atoms with Crippen LogP contribution >= 0.6 is 0 Å². The van der Waals surface area contributed by atoms with E-state index in [2.05, 4.69) is 10.1 Å². The highest BCUT2D eigenvalue weighted by atomic mass is 16.4. The van der Waals surface area contributed by atoms with Crippen LogP contribution in [0.25, 0.3) is 0 Å². The minimum atomic E-state index is -1.21. The largest absolute Gasteiger partial charge is 0.480 e. The quantitative estimate of drug-likeness (QED) is 0.695. The Balaban J connectivity index is 2.26. The van der Waals surface area contributed by atoms with Crippen molar-refractivity contribution in [1.82, 2.24) is 4.98 Å². The summed E-state index contributed by atoms with van der Waals surface area (Å²) in [5.74, 6) is -2.68. The lowest BCUT2D eigenvalue weighted by molar-refractivity contribution is -0.142. The number of carboxylic acids is 1. The summed E-state index contributed by atoms with van der Waals surface area (Å²) in [5, 5.41) is 13.4. The molecule has 1 aliphatic heterocycles. The van der Waals surface area contributed by atoms with E-state index < -0.39 is 17.8 Å². The third kappa shape index (κ3) is 1.56. The van der Waals surface area contributed by atoms with Crippen molar-refractivity contribution < 1.29 is 14.7 Å². The van der Waals surface area contributed by atoms with Gasteiger partial charge in [0.1, 0.15) is 0 Å². The first-order chi connectivity index (χ1) is 7.20. The smallest absolute Gasteiger partial charge is 0.321 e. The van der Waals surface area contributed by atoms with Gasteiger partial charge in [-0.15, -0.1) is 0 Å². The molecule has 1 aliphatic rings. The number of pyridine rings is 1. The van der Waals surface area contributed by atoms with Crippen LogP contribution in [-0.4, -0.2) is 28.2 Å². The SMILES string of the molecule is O=C(O)C1C=NN(c2ccccn2)C1=O. The Bertz CT molecular complexity index is 429. The molecule has 0 spiro atoms. The second-order valence-corrected chi connectivity index (χ2v) is 2.92. The van der Waals surface area contributed by atoms with Gasteiger partial charge in [0.05, 0.1) is 0 Å². The van der Waals surface area contributed by atoms with Gasteiger partial charge in [0.25, 0.3) is 5.91 Å². The first-order valence-electron chi connectivity index (χ1n) is 4.22. The molecular weight excluding hydrogens is 198 g/mol. The molecule has 2 heterocycles. The number of hydrazone groups is 1. The average Bonchev–Trinajstić information content (AvgIpc) is 2.61. The van der Waals surface area contributed by atoms with Crippen molar-refractivity contribution in [3.63, 3.8) is 0 Å². The van der Waals surface area contributed by atoms with Gasteiger partial charge >= 0.3 is 5.97 Å². The molecule has 0 bridgehead atoms. The van der Waals surface area contributed by atoms with Gasteiger partial charge in [-0.25, -0.2) is 4.98 Å². The number of amides is 1. The Kier molecular flexibility index (Phi) is 2.17. The molecule has 0 radical (unpaired) electrons. The van der Waals surface area contributed by atoms with Gasteiger partial charge in [0.2, 0.25) is 0 Å². The fourth-order valence-electron chi connectivity index (χ4n) is 1.21. The molecule has 2 rings (SSSR count). The van der Waals surface area contributed by atoms with E-state index in [0.29, 0.717) is 5.82 Å². The lowest BCUT2D eigenvalue weighted by atomic mass is 10.2. The number of carboxylic acid groups (broad SMARTS) is 1. The van der Waals surface area contributed by atoms with Gasteiger partial charge in [-0.2, -0.15) is 10.1 Å². The van der Waals surface area contributed by atoms with Crippen LogP contribution in [0.15, 0.2) is 29.5 Å². The molecule has 1 aromatic heterocycles. The molecule has 15 heavy (non-hydrogen) atoms. The number of hydrogen-bond acceptors (Lipinski definition) is 4. The van der Waals surface area contributed by atoms with E-state index in [1.165, 1.54) is 6.20 Å². The Morgan fingerprint density at radius 1 is 1.47 bits per heavy atom. The molecule has 0 saturated carbocycles. The predicted octanol–water partition coefficient (Wildman–Crippen LogP) is 0.115. The standard InChI is InChI=1S/C9H7N3O3/c13-8-6(9(14)15)5-11-12(8)7-3-1-2-4-10-7/h1-6H,(H,14,15). The molecular formula is C9H7N3O3. The molecule has 1 N–H and O–H groups in total. The van der Waals surface area contributed by atoms with Crippen LogP contribution in [0.1, 0.15) is 0 Å². The Morgan fingerprint density at radius 2 is 2.27 bits per heavy atom. The molecule has 0 fully saturated rings. The van der Waals surface area contributed by atoms with Crippen molar-refractivity contribution in [1.29, 1.82) is 0 Å². The minimum absolute atomic E-state index is 0.322. The van der Waals surface area contributed by atoms with Crippen molar-refractivity contribution in [2.75, 3.05) is 5.01 Å². The van der Waals surface area contributed by atoms with Crippen LogP contribution in [0.3, 0.4) is 0 Å². The highest BCUT2D eigenvalue weighted by molar-refractivity contribution is 6.19. The maximum Gasteiger partial charge on any atom is 0.321 e. The highest BCUT2D eigenvalue weighted by Gasteiger charge is 2.35. The van der Waals surface area contributed by atoms with E-state index in [1.807, 2.05) is 0 Å². The number of aliphatic carboxylic acids is 1. The maximum absolute atomic E-state index is 11.5. The first-order valence-corrected chi connectivity index (χ1v) is 4.22. The Morgan fingerprint density at radius 3 is 2.80 bits per heavy atom. The number of rotatable bonds is 2. The van der Waals surface area contributed by atoms with E-state index in [1.54, 1.807) is 18.2 Å². The summed E-state index contributed by atoms with van der Waals surface area (Å²) in [6, 6.07) is 4.97. The maximum atomic E-state index is 11.5. The van der Waals surface area contributed by atoms with Gasteiger partial charge in [-0.05, 0) is 12.1 Å². The topological polar surface area (TPSA) is 82.9 Å².